The number of benzene rings is 1. The molecule has 0 atom stereocenters. The average molecular weight is 162 g/mol. The second-order valence-electron chi connectivity index (χ2n) is 2.81. The van der Waals surface area contributed by atoms with Gasteiger partial charge in [-0.25, -0.2) is 0 Å². The summed E-state index contributed by atoms with van der Waals surface area (Å²) in [6, 6.07) is 4.05. The molecule has 0 saturated carbocycles. The van der Waals surface area contributed by atoms with Gasteiger partial charge in [0.05, 0.1) is 7.11 Å². The summed E-state index contributed by atoms with van der Waals surface area (Å²) in [5.41, 5.74) is 1.15. The quantitative estimate of drug-likeness (QED) is 0.603. The van der Waals surface area contributed by atoms with Gasteiger partial charge in [-0.3, -0.25) is 0 Å². The Labute approximate surface area is 73.0 Å². The highest BCUT2D eigenvalue weighted by Crippen LogP contribution is 2.10. The summed E-state index contributed by atoms with van der Waals surface area (Å²) < 4.78 is 5.17. The van der Waals surface area contributed by atoms with Crippen LogP contribution in [0.4, 0.5) is 0 Å². The monoisotopic (exact) mass is 162 g/mol. The van der Waals surface area contributed by atoms with Crippen molar-refractivity contribution in [2.24, 2.45) is 0 Å². The van der Waals surface area contributed by atoms with Crippen molar-refractivity contribution >= 4 is 12.7 Å². The molecule has 0 saturated heterocycles. The van der Waals surface area contributed by atoms with Crippen LogP contribution in [0.25, 0.3) is 12.7 Å². The van der Waals surface area contributed by atoms with Crippen molar-refractivity contribution in [3.05, 3.63) is 28.1 Å². The Kier molecular flexibility index (Phi) is 2.54. The molecule has 0 amide bonds. The van der Waals surface area contributed by atoms with E-state index in [0.717, 1.165) is 16.5 Å². The van der Waals surface area contributed by atoms with E-state index < -0.39 is 0 Å². The normalized spacial score (nSPS) is 11.8. The highest BCUT2D eigenvalue weighted by atomic mass is 16.5. The van der Waals surface area contributed by atoms with E-state index in [0.29, 0.717) is 0 Å². The van der Waals surface area contributed by atoms with Crippen LogP contribution in [-0.4, -0.2) is 7.11 Å². The maximum atomic E-state index is 5.17. The molecule has 0 heterocycles. The van der Waals surface area contributed by atoms with Crippen molar-refractivity contribution in [2.45, 2.75) is 13.8 Å². The molecule has 1 aromatic carbocycles. The maximum absolute atomic E-state index is 5.17. The van der Waals surface area contributed by atoms with E-state index in [1.807, 2.05) is 19.9 Å². The van der Waals surface area contributed by atoms with Gasteiger partial charge >= 0.3 is 0 Å². The van der Waals surface area contributed by atoms with E-state index in [1.54, 1.807) is 7.11 Å². The molecule has 1 nitrogen and oxygen atoms in total. The first-order valence-corrected chi connectivity index (χ1v) is 3.99. The predicted octanol–water partition coefficient (Wildman–Crippen LogP) is 1.21. The highest BCUT2D eigenvalue weighted by Gasteiger charge is 1.95. The molecule has 0 fully saturated rings. The van der Waals surface area contributed by atoms with Crippen LogP contribution in [0.5, 0.6) is 5.75 Å². The molecule has 0 spiro atoms. The maximum Gasteiger partial charge on any atom is 0.122 e. The van der Waals surface area contributed by atoms with Crippen molar-refractivity contribution in [1.29, 1.82) is 0 Å². The minimum absolute atomic E-state index is 0.908. The first-order valence-electron chi connectivity index (χ1n) is 3.99. The van der Waals surface area contributed by atoms with E-state index in [9.17, 15) is 0 Å². The summed E-state index contributed by atoms with van der Waals surface area (Å²) in [6.07, 6.45) is 2.05. The van der Waals surface area contributed by atoms with Gasteiger partial charge in [-0.2, -0.15) is 0 Å². The van der Waals surface area contributed by atoms with Gasteiger partial charge in [-0.15, -0.1) is 0 Å². The zero-order valence-corrected chi connectivity index (χ0v) is 7.85. The lowest BCUT2D eigenvalue weighted by atomic mass is 10.1. The fourth-order valence-electron chi connectivity index (χ4n) is 1.24. The molecule has 1 heteroatoms. The van der Waals surface area contributed by atoms with Gasteiger partial charge in [0.1, 0.15) is 5.75 Å². The largest absolute Gasteiger partial charge is 0.496 e. The Hall–Kier alpha value is -1.24. The lowest BCUT2D eigenvalue weighted by molar-refractivity contribution is 0.411. The molecule has 1 aromatic rings. The smallest absolute Gasteiger partial charge is 0.122 e. The Morgan fingerprint density at radius 2 is 2.08 bits per heavy atom. The molecule has 0 N–H and O–H groups in total. The molecule has 0 aliphatic heterocycles. The zero-order valence-electron chi connectivity index (χ0n) is 7.85. The summed E-state index contributed by atoms with van der Waals surface area (Å²) in [5, 5.41) is 2.19. The van der Waals surface area contributed by atoms with Gasteiger partial charge in [0.2, 0.25) is 0 Å². The number of aryl methyl sites for hydroxylation is 1. The minimum atomic E-state index is 0.908. The molecule has 1 rings (SSSR count). The molecule has 0 bridgehead atoms. The molecule has 12 heavy (non-hydrogen) atoms. The molecule has 64 valence electrons. The Balaban J connectivity index is 3.47. The number of ether oxygens (including phenoxy) is 1. The first-order chi connectivity index (χ1) is 5.69. The summed E-state index contributed by atoms with van der Waals surface area (Å²) in [6.45, 7) is 7.97. The second-order valence-corrected chi connectivity index (χ2v) is 2.81. The van der Waals surface area contributed by atoms with Crippen LogP contribution in [0.15, 0.2) is 12.1 Å². The topological polar surface area (TPSA) is 9.23 Å². The van der Waals surface area contributed by atoms with Crippen molar-refractivity contribution in [3.63, 3.8) is 0 Å². The Morgan fingerprint density at radius 3 is 2.58 bits per heavy atom. The Morgan fingerprint density at radius 1 is 1.42 bits per heavy atom. The average Bonchev–Trinajstić information content (AvgIpc) is 2.08. The third kappa shape index (κ3) is 1.50. The van der Waals surface area contributed by atoms with Gasteiger partial charge in [-0.1, -0.05) is 12.7 Å². The summed E-state index contributed by atoms with van der Waals surface area (Å²) >= 11 is 0. The molecule has 0 unspecified atom stereocenters. The molecule has 0 radical (unpaired) electrons. The van der Waals surface area contributed by atoms with Gasteiger partial charge in [0.15, 0.2) is 0 Å². The Bertz CT molecular complexity index is 377. The van der Waals surface area contributed by atoms with E-state index >= 15 is 0 Å². The standard InChI is InChI=1S/C11H14O/c1-5-10-6-9(3)11(12-4)7-8(10)2/h5-7H,2H2,1,3-4H3/b10-5-. The van der Waals surface area contributed by atoms with Crippen molar-refractivity contribution in [1.82, 2.24) is 0 Å². The summed E-state index contributed by atoms with van der Waals surface area (Å²) in [5.74, 6) is 0.908. The van der Waals surface area contributed by atoms with E-state index in [2.05, 4.69) is 18.7 Å². The van der Waals surface area contributed by atoms with Crippen LogP contribution in [0.1, 0.15) is 12.5 Å². The third-order valence-electron chi connectivity index (χ3n) is 1.97. The zero-order chi connectivity index (χ0) is 9.14. The van der Waals surface area contributed by atoms with Gasteiger partial charge < -0.3 is 4.74 Å². The number of rotatable bonds is 1. The SMILES string of the molecule is C=c1cc(OC)c(C)c/c1=C/C. The van der Waals surface area contributed by atoms with Crippen LogP contribution in [0, 0.1) is 6.92 Å². The number of methoxy groups -OCH3 is 1. The summed E-state index contributed by atoms with van der Waals surface area (Å²) in [7, 11) is 1.68. The summed E-state index contributed by atoms with van der Waals surface area (Å²) in [4.78, 5) is 0. The van der Waals surface area contributed by atoms with Crippen molar-refractivity contribution in [2.75, 3.05) is 7.11 Å². The van der Waals surface area contributed by atoms with Gasteiger partial charge in [-0.05, 0) is 42.0 Å². The lowest BCUT2D eigenvalue weighted by Gasteiger charge is -2.03. The second kappa shape index (κ2) is 3.44. The minimum Gasteiger partial charge on any atom is -0.496 e. The fourth-order valence-corrected chi connectivity index (χ4v) is 1.24. The molecule has 0 aliphatic rings. The molecule has 0 aliphatic carbocycles. The van der Waals surface area contributed by atoms with Crippen LogP contribution in [0.3, 0.4) is 0 Å². The fraction of sp³-hybridized carbons (Fsp3) is 0.273. The van der Waals surface area contributed by atoms with Crippen molar-refractivity contribution in [3.8, 4) is 5.75 Å². The van der Waals surface area contributed by atoms with Gasteiger partial charge in [0.25, 0.3) is 0 Å². The van der Waals surface area contributed by atoms with E-state index in [4.69, 9.17) is 4.74 Å². The van der Waals surface area contributed by atoms with E-state index in [1.165, 1.54) is 5.22 Å². The molecule has 0 aromatic heterocycles. The molecular formula is C11H14O. The van der Waals surface area contributed by atoms with E-state index in [-0.39, 0.29) is 0 Å². The lowest BCUT2D eigenvalue weighted by Crippen LogP contribution is -2.22. The van der Waals surface area contributed by atoms with Crippen molar-refractivity contribution < 1.29 is 4.74 Å². The van der Waals surface area contributed by atoms with Crippen LogP contribution >= 0.6 is 0 Å². The molecular weight excluding hydrogens is 148 g/mol. The number of hydrogen-bond acceptors (Lipinski definition) is 1. The van der Waals surface area contributed by atoms with Crippen LogP contribution in [0.2, 0.25) is 0 Å². The van der Waals surface area contributed by atoms with Crippen LogP contribution < -0.4 is 15.2 Å². The van der Waals surface area contributed by atoms with Crippen LogP contribution in [-0.2, 0) is 0 Å². The number of hydrogen-bond donors (Lipinski definition) is 0. The van der Waals surface area contributed by atoms with Gasteiger partial charge in [0, 0.05) is 0 Å². The first kappa shape index (κ1) is 8.85. The highest BCUT2D eigenvalue weighted by molar-refractivity contribution is 5.37. The third-order valence-corrected chi connectivity index (χ3v) is 1.97. The predicted molar refractivity (Wildman–Crippen MR) is 52.6 cm³/mol.